The van der Waals surface area contributed by atoms with Crippen LogP contribution in [0.1, 0.15) is 0 Å². The Hall–Kier alpha value is -3.27. The molecule has 2 aromatic carbocycles. The van der Waals surface area contributed by atoms with E-state index >= 15 is 0 Å². The first-order valence-corrected chi connectivity index (χ1v) is 7.32. The average molecular weight is 299 g/mol. The number of para-hydroxylation sites is 1. The molecule has 0 saturated heterocycles. The summed E-state index contributed by atoms with van der Waals surface area (Å²) in [6.07, 6.45) is 1.50. The highest BCUT2D eigenvalue weighted by Gasteiger charge is 2.11. The van der Waals surface area contributed by atoms with E-state index < -0.39 is 0 Å². The smallest absolute Gasteiger partial charge is 0.256 e. The first-order chi connectivity index (χ1) is 11.3. The Morgan fingerprint density at radius 3 is 2.17 bits per heavy atom. The summed E-state index contributed by atoms with van der Waals surface area (Å²) in [5.41, 5.74) is 3.11. The van der Waals surface area contributed by atoms with Gasteiger partial charge in [-0.25, -0.2) is 9.97 Å². The van der Waals surface area contributed by atoms with E-state index in [-0.39, 0.29) is 5.56 Å². The van der Waals surface area contributed by atoms with Gasteiger partial charge in [-0.1, -0.05) is 48.5 Å². The van der Waals surface area contributed by atoms with Gasteiger partial charge in [0.2, 0.25) is 0 Å². The highest BCUT2D eigenvalue weighted by molar-refractivity contribution is 5.90. The van der Waals surface area contributed by atoms with Gasteiger partial charge in [0.1, 0.15) is 6.33 Å². The Labute approximate surface area is 132 Å². The second kappa shape index (κ2) is 5.50. The van der Waals surface area contributed by atoms with Crippen molar-refractivity contribution in [1.82, 2.24) is 14.5 Å². The lowest BCUT2D eigenvalue weighted by molar-refractivity contribution is 1.00. The van der Waals surface area contributed by atoms with Crippen molar-refractivity contribution in [2.24, 2.45) is 0 Å². The molecule has 0 aliphatic heterocycles. The van der Waals surface area contributed by atoms with Gasteiger partial charge < -0.3 is 0 Å². The van der Waals surface area contributed by atoms with Gasteiger partial charge in [-0.3, -0.25) is 9.36 Å². The lowest BCUT2D eigenvalue weighted by Gasteiger charge is -2.11. The molecule has 4 rings (SSSR count). The molecule has 0 aliphatic carbocycles. The zero-order chi connectivity index (χ0) is 15.6. The minimum atomic E-state index is -0.110. The van der Waals surface area contributed by atoms with E-state index in [0.717, 1.165) is 22.3 Å². The Balaban J connectivity index is 2.07. The summed E-state index contributed by atoms with van der Waals surface area (Å²) in [5.74, 6) is 0. The molecule has 0 atom stereocenters. The number of rotatable bonds is 2. The molecule has 0 fully saturated rings. The fourth-order valence-electron chi connectivity index (χ4n) is 2.70. The molecule has 0 unspecified atom stereocenters. The summed E-state index contributed by atoms with van der Waals surface area (Å²) in [5, 5.41) is 0.849. The van der Waals surface area contributed by atoms with Crippen LogP contribution in [0.2, 0.25) is 0 Å². The first kappa shape index (κ1) is 13.4. The van der Waals surface area contributed by atoms with E-state index in [1.807, 2.05) is 60.7 Å². The topological polar surface area (TPSA) is 47.8 Å². The van der Waals surface area contributed by atoms with Crippen molar-refractivity contribution in [2.75, 3.05) is 0 Å². The maximum Gasteiger partial charge on any atom is 0.256 e. The van der Waals surface area contributed by atoms with Crippen molar-refractivity contribution in [3.63, 3.8) is 0 Å². The lowest BCUT2D eigenvalue weighted by Crippen LogP contribution is -2.18. The number of fused-ring (bicyclic) bond motifs is 1. The maximum atomic E-state index is 12.4. The van der Waals surface area contributed by atoms with Crippen LogP contribution in [0.3, 0.4) is 0 Å². The zero-order valence-corrected chi connectivity index (χ0v) is 12.3. The van der Waals surface area contributed by atoms with Crippen molar-refractivity contribution in [3.05, 3.63) is 89.5 Å². The number of hydrogen-bond acceptors (Lipinski definition) is 3. The van der Waals surface area contributed by atoms with E-state index in [4.69, 9.17) is 0 Å². The second-order valence-corrected chi connectivity index (χ2v) is 5.17. The molecular formula is C19H13N3O. The predicted molar refractivity (Wildman–Crippen MR) is 90.6 cm³/mol. The minimum absolute atomic E-state index is 0.110. The number of pyridine rings is 1. The predicted octanol–water partition coefficient (Wildman–Crippen LogP) is 3.45. The highest BCUT2D eigenvalue weighted by Crippen LogP contribution is 2.25. The quantitative estimate of drug-likeness (QED) is 0.569. The van der Waals surface area contributed by atoms with Crippen LogP contribution in [0.4, 0.5) is 0 Å². The SMILES string of the molecule is O=c1ccc2c(-c3ccccc3)ncnc2n1-c1ccccc1. The monoisotopic (exact) mass is 299 g/mol. The van der Waals surface area contributed by atoms with Crippen LogP contribution < -0.4 is 5.56 Å². The highest BCUT2D eigenvalue weighted by atomic mass is 16.1. The Morgan fingerprint density at radius 1 is 0.739 bits per heavy atom. The molecule has 0 aliphatic rings. The summed E-state index contributed by atoms with van der Waals surface area (Å²) >= 11 is 0. The Bertz CT molecular complexity index is 1020. The molecule has 23 heavy (non-hydrogen) atoms. The van der Waals surface area contributed by atoms with Crippen molar-refractivity contribution in [1.29, 1.82) is 0 Å². The van der Waals surface area contributed by atoms with Gasteiger partial charge in [0.15, 0.2) is 5.65 Å². The molecule has 4 heteroatoms. The van der Waals surface area contributed by atoms with Gasteiger partial charge in [-0.2, -0.15) is 0 Å². The van der Waals surface area contributed by atoms with Gasteiger partial charge in [-0.05, 0) is 18.2 Å². The molecule has 0 spiro atoms. The zero-order valence-electron chi connectivity index (χ0n) is 12.3. The van der Waals surface area contributed by atoms with E-state index in [2.05, 4.69) is 9.97 Å². The first-order valence-electron chi connectivity index (χ1n) is 7.32. The molecule has 4 aromatic rings. The summed E-state index contributed by atoms with van der Waals surface area (Å²) < 4.78 is 1.61. The van der Waals surface area contributed by atoms with Gasteiger partial charge in [-0.15, -0.1) is 0 Å². The standard InChI is InChI=1S/C19H13N3O/c23-17-12-11-16-18(14-7-3-1-4-8-14)20-13-21-19(16)22(17)15-9-5-2-6-10-15/h1-13H. The third kappa shape index (κ3) is 2.30. The summed E-state index contributed by atoms with van der Waals surface area (Å²) in [4.78, 5) is 21.2. The van der Waals surface area contributed by atoms with Crippen molar-refractivity contribution in [2.45, 2.75) is 0 Å². The third-order valence-electron chi connectivity index (χ3n) is 3.75. The normalized spacial score (nSPS) is 10.8. The molecule has 0 N–H and O–H groups in total. The van der Waals surface area contributed by atoms with Gasteiger partial charge in [0, 0.05) is 17.0 Å². The van der Waals surface area contributed by atoms with Crippen molar-refractivity contribution < 1.29 is 0 Å². The number of benzene rings is 2. The molecule has 0 radical (unpaired) electrons. The number of hydrogen-bond donors (Lipinski definition) is 0. The van der Waals surface area contributed by atoms with Crippen LogP contribution in [-0.2, 0) is 0 Å². The van der Waals surface area contributed by atoms with Crippen LogP contribution in [-0.4, -0.2) is 14.5 Å². The molecule has 2 aromatic heterocycles. The molecule has 0 saturated carbocycles. The van der Waals surface area contributed by atoms with E-state index in [1.54, 1.807) is 16.7 Å². The van der Waals surface area contributed by atoms with Crippen LogP contribution in [0.5, 0.6) is 0 Å². The Morgan fingerprint density at radius 2 is 1.43 bits per heavy atom. The van der Waals surface area contributed by atoms with E-state index in [9.17, 15) is 4.79 Å². The summed E-state index contributed by atoms with van der Waals surface area (Å²) in [7, 11) is 0. The number of nitrogens with zero attached hydrogens (tertiary/aromatic N) is 3. The van der Waals surface area contributed by atoms with Gasteiger partial charge in [0.25, 0.3) is 5.56 Å². The minimum Gasteiger partial charge on any atom is -0.269 e. The fraction of sp³-hybridized carbons (Fsp3) is 0. The van der Waals surface area contributed by atoms with E-state index in [0.29, 0.717) is 5.65 Å². The second-order valence-electron chi connectivity index (χ2n) is 5.17. The third-order valence-corrected chi connectivity index (χ3v) is 3.75. The molecule has 0 amide bonds. The van der Waals surface area contributed by atoms with Crippen LogP contribution in [0.15, 0.2) is 83.9 Å². The van der Waals surface area contributed by atoms with Gasteiger partial charge >= 0.3 is 0 Å². The molecule has 2 heterocycles. The lowest BCUT2D eigenvalue weighted by atomic mass is 10.1. The van der Waals surface area contributed by atoms with E-state index in [1.165, 1.54) is 6.33 Å². The molecule has 110 valence electrons. The Kier molecular flexibility index (Phi) is 3.20. The van der Waals surface area contributed by atoms with Crippen LogP contribution in [0, 0.1) is 0 Å². The number of aromatic nitrogens is 3. The largest absolute Gasteiger partial charge is 0.269 e. The maximum absolute atomic E-state index is 12.4. The molecule has 0 bridgehead atoms. The van der Waals surface area contributed by atoms with Crippen molar-refractivity contribution >= 4 is 11.0 Å². The molecule has 4 nitrogen and oxygen atoms in total. The summed E-state index contributed by atoms with van der Waals surface area (Å²) in [6.45, 7) is 0. The fourth-order valence-corrected chi connectivity index (χ4v) is 2.70. The van der Waals surface area contributed by atoms with Crippen molar-refractivity contribution in [3.8, 4) is 16.9 Å². The van der Waals surface area contributed by atoms with Gasteiger partial charge in [0.05, 0.1) is 11.4 Å². The molecular weight excluding hydrogens is 286 g/mol. The average Bonchev–Trinajstić information content (AvgIpc) is 2.62. The van der Waals surface area contributed by atoms with Crippen LogP contribution >= 0.6 is 0 Å². The summed E-state index contributed by atoms with van der Waals surface area (Å²) in [6, 6.07) is 22.8. The van der Waals surface area contributed by atoms with Crippen LogP contribution in [0.25, 0.3) is 28.0 Å².